The molecule has 4 aliphatic carbocycles. The van der Waals surface area contributed by atoms with Crippen LogP contribution >= 0.6 is 0 Å². The first-order valence-corrected chi connectivity index (χ1v) is 13.6. The summed E-state index contributed by atoms with van der Waals surface area (Å²) in [6.45, 7) is 0. The zero-order chi connectivity index (χ0) is 20.2. The van der Waals surface area contributed by atoms with Crippen LogP contribution in [0, 0.1) is 5.92 Å². The van der Waals surface area contributed by atoms with Crippen molar-refractivity contribution in [2.45, 2.75) is 146 Å². The van der Waals surface area contributed by atoms with Crippen molar-refractivity contribution in [2.24, 2.45) is 10.9 Å². The van der Waals surface area contributed by atoms with Gasteiger partial charge in [0.25, 0.3) is 0 Å². The molecule has 1 heterocycles. The van der Waals surface area contributed by atoms with Gasteiger partial charge in [0, 0.05) is 18.1 Å². The predicted molar refractivity (Wildman–Crippen MR) is 125 cm³/mol. The van der Waals surface area contributed by atoms with Crippen LogP contribution in [0.3, 0.4) is 0 Å². The highest BCUT2D eigenvalue weighted by Gasteiger charge is 2.36. The van der Waals surface area contributed by atoms with Crippen LogP contribution in [0.5, 0.6) is 0 Å². The van der Waals surface area contributed by atoms with Crippen molar-refractivity contribution in [1.29, 1.82) is 0 Å². The number of hydrogen-bond acceptors (Lipinski definition) is 3. The summed E-state index contributed by atoms with van der Waals surface area (Å²) in [4.78, 5) is 7.95. The van der Waals surface area contributed by atoms with Gasteiger partial charge in [-0.15, -0.1) is 0 Å². The molecule has 30 heavy (non-hydrogen) atoms. The van der Waals surface area contributed by atoms with Crippen molar-refractivity contribution in [3.63, 3.8) is 0 Å². The minimum Gasteiger partial charge on any atom is -0.472 e. The van der Waals surface area contributed by atoms with Gasteiger partial charge in [0.2, 0.25) is 5.90 Å². The Morgan fingerprint density at radius 1 is 0.633 bits per heavy atom. The predicted octanol–water partition coefficient (Wildman–Crippen LogP) is 6.81. The van der Waals surface area contributed by atoms with Gasteiger partial charge < -0.3 is 4.74 Å². The van der Waals surface area contributed by atoms with Crippen molar-refractivity contribution < 1.29 is 4.74 Å². The number of ether oxygens (including phenoxy) is 1. The molecule has 0 aromatic carbocycles. The van der Waals surface area contributed by atoms with Gasteiger partial charge in [0.05, 0.1) is 6.04 Å². The van der Waals surface area contributed by atoms with Crippen LogP contribution < -0.4 is 0 Å². The monoisotopic (exact) mass is 412 g/mol. The molecule has 0 aromatic heterocycles. The molecule has 0 bridgehead atoms. The minimum atomic E-state index is 0.383. The van der Waals surface area contributed by atoms with Crippen LogP contribution in [0.25, 0.3) is 0 Å². The maximum Gasteiger partial charge on any atom is 0.208 e. The summed E-state index contributed by atoms with van der Waals surface area (Å²) in [7, 11) is 0. The Bertz CT molecular complexity index is 576. The lowest BCUT2D eigenvalue weighted by Crippen LogP contribution is -2.51. The third-order valence-corrected chi connectivity index (χ3v) is 8.90. The number of aliphatic imine (C=N–C) groups is 1. The van der Waals surface area contributed by atoms with Crippen molar-refractivity contribution in [3.05, 3.63) is 12.2 Å². The molecule has 2 atom stereocenters. The van der Waals surface area contributed by atoms with Crippen molar-refractivity contribution in [2.75, 3.05) is 0 Å². The van der Waals surface area contributed by atoms with Gasteiger partial charge in [-0.1, -0.05) is 51.0 Å². The van der Waals surface area contributed by atoms with E-state index in [1.54, 1.807) is 0 Å². The Morgan fingerprint density at radius 2 is 1.20 bits per heavy atom. The zero-order valence-electron chi connectivity index (χ0n) is 19.1. The summed E-state index contributed by atoms with van der Waals surface area (Å²) in [5, 5.41) is 0. The maximum absolute atomic E-state index is 6.13. The van der Waals surface area contributed by atoms with E-state index in [0.717, 1.165) is 29.9 Å². The highest BCUT2D eigenvalue weighted by molar-refractivity contribution is 5.89. The molecule has 4 fully saturated rings. The third-order valence-electron chi connectivity index (χ3n) is 8.90. The van der Waals surface area contributed by atoms with Crippen LogP contribution in [0.15, 0.2) is 17.1 Å². The van der Waals surface area contributed by atoms with Crippen LogP contribution in [0.4, 0.5) is 0 Å². The lowest BCUT2D eigenvalue weighted by atomic mass is 9.81. The van der Waals surface area contributed by atoms with E-state index in [1.165, 1.54) is 116 Å². The Balaban J connectivity index is 1.16. The smallest absolute Gasteiger partial charge is 0.208 e. The van der Waals surface area contributed by atoms with E-state index in [0.29, 0.717) is 12.1 Å². The number of fused-ring (bicyclic) bond motifs is 1. The molecule has 0 aromatic rings. The Kier molecular flexibility index (Phi) is 7.15. The van der Waals surface area contributed by atoms with Crippen LogP contribution in [-0.2, 0) is 4.74 Å². The van der Waals surface area contributed by atoms with Gasteiger partial charge in [-0.25, -0.2) is 4.99 Å². The van der Waals surface area contributed by atoms with Crippen molar-refractivity contribution >= 4 is 5.90 Å². The summed E-state index contributed by atoms with van der Waals surface area (Å²) < 4.78 is 6.13. The standard InChI is InChI=1S/C27H44N2O/c1-3-9-22(10-4-1)29(23-11-5-2-6-12-23)24-18-15-21(16-19-24)17-20-27-28-25-13-7-8-14-26(25)30-27/h17,20-26H,1-16,18-19H2. The largest absolute Gasteiger partial charge is 0.472 e. The lowest BCUT2D eigenvalue weighted by molar-refractivity contribution is 0.0182. The molecule has 2 unspecified atom stereocenters. The summed E-state index contributed by atoms with van der Waals surface area (Å²) in [6, 6.07) is 3.09. The average Bonchev–Trinajstić information content (AvgIpc) is 3.23. The molecule has 1 aliphatic heterocycles. The summed E-state index contributed by atoms with van der Waals surface area (Å²) >= 11 is 0. The molecule has 5 aliphatic rings. The molecule has 0 N–H and O–H groups in total. The molecule has 0 amide bonds. The number of rotatable bonds is 5. The van der Waals surface area contributed by atoms with Crippen LogP contribution in [0.2, 0.25) is 0 Å². The molecular weight excluding hydrogens is 368 g/mol. The zero-order valence-corrected chi connectivity index (χ0v) is 19.1. The Labute approximate surface area is 184 Å². The van der Waals surface area contributed by atoms with Crippen LogP contribution in [-0.4, -0.2) is 41.1 Å². The molecule has 0 spiro atoms. The highest BCUT2D eigenvalue weighted by Crippen LogP contribution is 2.37. The quantitative estimate of drug-likeness (QED) is 0.495. The van der Waals surface area contributed by atoms with Crippen LogP contribution in [0.1, 0.15) is 116 Å². The Morgan fingerprint density at radius 3 is 1.83 bits per heavy atom. The molecule has 3 heteroatoms. The van der Waals surface area contributed by atoms with Gasteiger partial charge in [0.1, 0.15) is 6.10 Å². The second-order valence-electron chi connectivity index (χ2n) is 10.9. The number of allylic oxidation sites excluding steroid dienone is 1. The van der Waals surface area contributed by atoms with E-state index in [4.69, 9.17) is 9.73 Å². The first kappa shape index (κ1) is 21.0. The molecule has 3 nitrogen and oxygen atoms in total. The summed E-state index contributed by atoms with van der Waals surface area (Å²) in [5.41, 5.74) is 0. The van der Waals surface area contributed by atoms with Gasteiger partial charge >= 0.3 is 0 Å². The first-order chi connectivity index (χ1) is 14.9. The lowest BCUT2D eigenvalue weighted by Gasteiger charge is -2.48. The first-order valence-electron chi connectivity index (χ1n) is 13.6. The fraction of sp³-hybridized carbons (Fsp3) is 0.889. The highest BCUT2D eigenvalue weighted by atomic mass is 16.5. The van der Waals surface area contributed by atoms with Gasteiger partial charge in [-0.05, 0) is 82.6 Å². The fourth-order valence-electron chi connectivity index (χ4n) is 7.26. The van der Waals surface area contributed by atoms with E-state index in [-0.39, 0.29) is 0 Å². The van der Waals surface area contributed by atoms with E-state index in [2.05, 4.69) is 17.1 Å². The minimum absolute atomic E-state index is 0.383. The molecule has 0 saturated heterocycles. The summed E-state index contributed by atoms with van der Waals surface area (Å²) in [5.74, 6) is 1.66. The topological polar surface area (TPSA) is 24.8 Å². The average molecular weight is 413 g/mol. The van der Waals surface area contributed by atoms with E-state index in [9.17, 15) is 0 Å². The van der Waals surface area contributed by atoms with Gasteiger partial charge in [-0.3, -0.25) is 4.90 Å². The molecule has 4 saturated carbocycles. The molecule has 5 rings (SSSR count). The molecular formula is C27H44N2O. The summed E-state index contributed by atoms with van der Waals surface area (Å²) in [6.07, 6.45) is 30.3. The second-order valence-corrected chi connectivity index (χ2v) is 10.9. The second kappa shape index (κ2) is 10.2. The van der Waals surface area contributed by atoms with E-state index in [1.807, 2.05) is 0 Å². The van der Waals surface area contributed by atoms with Crippen molar-refractivity contribution in [1.82, 2.24) is 4.90 Å². The van der Waals surface area contributed by atoms with Gasteiger partial charge in [-0.2, -0.15) is 0 Å². The number of hydrogen-bond donors (Lipinski definition) is 0. The van der Waals surface area contributed by atoms with Gasteiger partial charge in [0.15, 0.2) is 0 Å². The van der Waals surface area contributed by atoms with E-state index < -0.39 is 0 Å². The fourth-order valence-corrected chi connectivity index (χ4v) is 7.26. The van der Waals surface area contributed by atoms with E-state index >= 15 is 0 Å². The Hall–Kier alpha value is -0.830. The molecule has 0 radical (unpaired) electrons. The third kappa shape index (κ3) is 4.97. The number of nitrogens with zero attached hydrogens (tertiary/aromatic N) is 2. The normalized spacial score (nSPS) is 36.6. The van der Waals surface area contributed by atoms with Crippen molar-refractivity contribution in [3.8, 4) is 0 Å². The maximum atomic E-state index is 6.13. The SMILES string of the molecule is C(=CC1CCC(N(C2CCCCC2)C2CCCCC2)CC1)C1=NC2CCCCC2O1. The molecule has 168 valence electrons.